The molecule has 0 atom stereocenters. The fraction of sp³-hybridized carbons (Fsp3) is 0. The van der Waals surface area contributed by atoms with Crippen molar-refractivity contribution in [3.8, 4) is 0 Å². The van der Waals surface area contributed by atoms with Gasteiger partial charge in [-0.2, -0.15) is 0 Å². The van der Waals surface area contributed by atoms with Crippen LogP contribution in [0.15, 0.2) is 35.1 Å². The number of furan rings is 1. The van der Waals surface area contributed by atoms with E-state index >= 15 is 0 Å². The number of carbonyl (C=O) groups excluding carboxylic acids is 1. The minimum atomic E-state index is -0.261. The average Bonchev–Trinajstić information content (AvgIpc) is 2.71. The molecular formula is C9H5N2O2. The van der Waals surface area contributed by atoms with E-state index in [0.717, 1.165) is 0 Å². The molecule has 2 aromatic rings. The summed E-state index contributed by atoms with van der Waals surface area (Å²) in [5.41, 5.74) is 0.282. The van der Waals surface area contributed by atoms with Crippen molar-refractivity contribution < 1.29 is 9.21 Å². The van der Waals surface area contributed by atoms with Gasteiger partial charge in [0.15, 0.2) is 12.1 Å². The van der Waals surface area contributed by atoms with Crippen LogP contribution < -0.4 is 0 Å². The molecule has 0 aliphatic carbocycles. The molecule has 0 fully saturated rings. The molecule has 0 bridgehead atoms. The molecular weight excluding hydrogens is 168 g/mol. The SMILES string of the molecule is O=C(c1ccn[c]n1)c1ccco1. The second-order valence-electron chi connectivity index (χ2n) is 2.35. The summed E-state index contributed by atoms with van der Waals surface area (Å²) in [6.45, 7) is 0. The van der Waals surface area contributed by atoms with Gasteiger partial charge in [0.1, 0.15) is 5.69 Å². The molecule has 0 amide bonds. The molecule has 0 aliphatic rings. The predicted molar refractivity (Wildman–Crippen MR) is 43.0 cm³/mol. The number of hydrogen-bond donors (Lipinski definition) is 0. The predicted octanol–water partition coefficient (Wildman–Crippen LogP) is 1.10. The maximum absolute atomic E-state index is 11.5. The third-order valence-electron chi connectivity index (χ3n) is 1.51. The molecule has 13 heavy (non-hydrogen) atoms. The first-order chi connectivity index (χ1) is 6.38. The minimum absolute atomic E-state index is 0.261. The first-order valence-electron chi connectivity index (χ1n) is 3.65. The Balaban J connectivity index is 2.34. The number of aromatic nitrogens is 2. The van der Waals surface area contributed by atoms with Gasteiger partial charge in [-0.15, -0.1) is 0 Å². The van der Waals surface area contributed by atoms with Crippen molar-refractivity contribution in [3.63, 3.8) is 0 Å². The van der Waals surface area contributed by atoms with Crippen molar-refractivity contribution in [1.82, 2.24) is 9.97 Å². The van der Waals surface area contributed by atoms with E-state index in [-0.39, 0.29) is 17.2 Å². The Bertz CT molecular complexity index is 395. The van der Waals surface area contributed by atoms with E-state index in [9.17, 15) is 4.79 Å². The molecule has 4 heteroatoms. The highest BCUT2D eigenvalue weighted by Crippen LogP contribution is 2.06. The summed E-state index contributed by atoms with van der Waals surface area (Å²) in [5.74, 6) is 0.00995. The second-order valence-corrected chi connectivity index (χ2v) is 2.35. The molecule has 0 saturated heterocycles. The lowest BCUT2D eigenvalue weighted by atomic mass is 10.2. The summed E-state index contributed by atoms with van der Waals surface area (Å²) in [4.78, 5) is 18.8. The summed E-state index contributed by atoms with van der Waals surface area (Å²) in [7, 11) is 0. The van der Waals surface area contributed by atoms with E-state index in [4.69, 9.17) is 4.42 Å². The van der Waals surface area contributed by atoms with Crippen LogP contribution >= 0.6 is 0 Å². The van der Waals surface area contributed by atoms with Crippen LogP contribution in [0.5, 0.6) is 0 Å². The lowest BCUT2D eigenvalue weighted by Crippen LogP contribution is -2.02. The summed E-state index contributed by atoms with van der Waals surface area (Å²) in [5, 5.41) is 0. The van der Waals surface area contributed by atoms with E-state index in [1.165, 1.54) is 18.5 Å². The van der Waals surface area contributed by atoms with Crippen LogP contribution in [0.2, 0.25) is 0 Å². The standard InChI is InChI=1S/C9H5N2O2/c12-9(8-2-1-5-13-8)7-3-4-10-6-11-7/h1-5H. The number of ketones is 1. The Morgan fingerprint density at radius 1 is 1.46 bits per heavy atom. The lowest BCUT2D eigenvalue weighted by molar-refractivity contribution is 0.100. The van der Waals surface area contributed by atoms with Crippen LogP contribution in [0, 0.1) is 6.33 Å². The van der Waals surface area contributed by atoms with Gasteiger partial charge in [-0.25, -0.2) is 9.97 Å². The lowest BCUT2D eigenvalue weighted by Gasteiger charge is -1.93. The van der Waals surface area contributed by atoms with Gasteiger partial charge in [0, 0.05) is 6.20 Å². The van der Waals surface area contributed by atoms with Crippen LogP contribution in [-0.4, -0.2) is 15.8 Å². The van der Waals surface area contributed by atoms with Gasteiger partial charge in [0.25, 0.3) is 0 Å². The molecule has 0 saturated carbocycles. The summed E-state index contributed by atoms with van der Waals surface area (Å²) >= 11 is 0. The van der Waals surface area contributed by atoms with E-state index in [0.29, 0.717) is 0 Å². The van der Waals surface area contributed by atoms with E-state index < -0.39 is 0 Å². The van der Waals surface area contributed by atoms with Crippen molar-refractivity contribution in [1.29, 1.82) is 0 Å². The fourth-order valence-corrected chi connectivity index (χ4v) is 0.922. The smallest absolute Gasteiger partial charge is 0.246 e. The highest BCUT2D eigenvalue weighted by Gasteiger charge is 2.11. The monoisotopic (exact) mass is 173 g/mol. The molecule has 0 aromatic carbocycles. The molecule has 4 nitrogen and oxygen atoms in total. The Kier molecular flexibility index (Phi) is 1.88. The maximum atomic E-state index is 11.5. The molecule has 2 rings (SSSR count). The van der Waals surface area contributed by atoms with Gasteiger partial charge in [-0.3, -0.25) is 4.79 Å². The molecule has 0 aliphatic heterocycles. The average molecular weight is 173 g/mol. The van der Waals surface area contributed by atoms with Gasteiger partial charge >= 0.3 is 0 Å². The van der Waals surface area contributed by atoms with Crippen molar-refractivity contribution in [2.24, 2.45) is 0 Å². The maximum Gasteiger partial charge on any atom is 0.246 e. The highest BCUT2D eigenvalue weighted by molar-refractivity contribution is 6.05. The van der Waals surface area contributed by atoms with Gasteiger partial charge in [0.2, 0.25) is 5.78 Å². The van der Waals surface area contributed by atoms with E-state index in [2.05, 4.69) is 16.3 Å². The molecule has 0 unspecified atom stereocenters. The zero-order valence-electron chi connectivity index (χ0n) is 6.60. The van der Waals surface area contributed by atoms with Crippen molar-refractivity contribution in [2.75, 3.05) is 0 Å². The van der Waals surface area contributed by atoms with E-state index in [1.807, 2.05) is 0 Å². The molecule has 2 aromatic heterocycles. The Morgan fingerprint density at radius 2 is 2.38 bits per heavy atom. The zero-order valence-corrected chi connectivity index (χ0v) is 6.60. The minimum Gasteiger partial charge on any atom is -0.461 e. The van der Waals surface area contributed by atoms with Crippen LogP contribution in [0.25, 0.3) is 0 Å². The van der Waals surface area contributed by atoms with Crippen LogP contribution in [-0.2, 0) is 0 Å². The third-order valence-corrected chi connectivity index (χ3v) is 1.51. The second kappa shape index (κ2) is 3.18. The van der Waals surface area contributed by atoms with Crippen molar-refractivity contribution in [2.45, 2.75) is 0 Å². The van der Waals surface area contributed by atoms with Crippen LogP contribution in [0.4, 0.5) is 0 Å². The number of carbonyl (C=O) groups is 1. The van der Waals surface area contributed by atoms with Crippen molar-refractivity contribution >= 4 is 5.78 Å². The van der Waals surface area contributed by atoms with Gasteiger partial charge in [-0.05, 0) is 18.2 Å². The first kappa shape index (κ1) is 7.67. The Hall–Kier alpha value is -1.97. The van der Waals surface area contributed by atoms with Gasteiger partial charge in [0.05, 0.1) is 6.26 Å². The third kappa shape index (κ3) is 1.46. The molecule has 63 valence electrons. The molecule has 0 spiro atoms. The largest absolute Gasteiger partial charge is 0.461 e. The molecule has 2 heterocycles. The van der Waals surface area contributed by atoms with E-state index in [1.54, 1.807) is 12.1 Å². The fourth-order valence-electron chi connectivity index (χ4n) is 0.922. The Labute approximate surface area is 74.2 Å². The number of hydrogen-bond acceptors (Lipinski definition) is 4. The summed E-state index contributed by atoms with van der Waals surface area (Å²) < 4.78 is 4.93. The molecule has 1 radical (unpaired) electrons. The topological polar surface area (TPSA) is 56.0 Å². The molecule has 0 N–H and O–H groups in total. The first-order valence-corrected chi connectivity index (χ1v) is 3.65. The Morgan fingerprint density at radius 3 is 3.00 bits per heavy atom. The number of nitrogens with zero attached hydrogens (tertiary/aromatic N) is 2. The highest BCUT2D eigenvalue weighted by atomic mass is 16.3. The van der Waals surface area contributed by atoms with Crippen LogP contribution in [0.1, 0.15) is 16.2 Å². The summed E-state index contributed by atoms with van der Waals surface area (Å²) in [6.07, 6.45) is 5.25. The van der Waals surface area contributed by atoms with Crippen LogP contribution in [0.3, 0.4) is 0 Å². The van der Waals surface area contributed by atoms with Crippen molar-refractivity contribution in [3.05, 3.63) is 48.4 Å². The van der Waals surface area contributed by atoms with Gasteiger partial charge in [-0.1, -0.05) is 0 Å². The normalized spacial score (nSPS) is 9.85. The van der Waals surface area contributed by atoms with Gasteiger partial charge < -0.3 is 4.42 Å². The quantitative estimate of drug-likeness (QED) is 0.638. The number of rotatable bonds is 2. The summed E-state index contributed by atoms with van der Waals surface area (Å²) in [6, 6.07) is 4.75. The zero-order chi connectivity index (χ0) is 9.10.